The number of benzene rings is 2. The molecule has 7 nitrogen and oxygen atoms in total. The zero-order valence-corrected chi connectivity index (χ0v) is 15.8. The molecule has 2 aromatic rings. The fourth-order valence-electron chi connectivity index (χ4n) is 2.25. The van der Waals surface area contributed by atoms with Crippen LogP contribution in [0.5, 0.6) is 5.75 Å². The zero-order chi connectivity index (χ0) is 19.6. The highest BCUT2D eigenvalue weighted by atomic mass is 32.2. The number of hydrogen-bond acceptors (Lipinski definition) is 5. The van der Waals surface area contributed by atoms with Gasteiger partial charge in [0.05, 0.1) is 16.9 Å². The van der Waals surface area contributed by atoms with Crippen LogP contribution < -0.4 is 15.4 Å². The topological polar surface area (TPSA) is 114 Å². The SMILES string of the molecule is CCCCNC(=O)c1ccccc1[S+]([O-])NCC(=O)Nc1ccc(O)cc1. The molecule has 0 aliphatic rings. The lowest BCUT2D eigenvalue weighted by molar-refractivity contribution is -0.115. The van der Waals surface area contributed by atoms with Crippen LogP contribution in [0.25, 0.3) is 0 Å². The number of phenolic OH excluding ortho intramolecular Hbond substituents is 1. The van der Waals surface area contributed by atoms with Crippen LogP contribution in [0.4, 0.5) is 5.69 Å². The Morgan fingerprint density at radius 1 is 1.11 bits per heavy atom. The number of phenols is 1. The van der Waals surface area contributed by atoms with E-state index in [0.717, 1.165) is 12.8 Å². The summed E-state index contributed by atoms with van der Waals surface area (Å²) in [5.41, 5.74) is 0.833. The Labute approximate surface area is 161 Å². The summed E-state index contributed by atoms with van der Waals surface area (Å²) in [6.45, 7) is 2.39. The van der Waals surface area contributed by atoms with Gasteiger partial charge in [0.2, 0.25) is 5.91 Å². The molecule has 27 heavy (non-hydrogen) atoms. The summed E-state index contributed by atoms with van der Waals surface area (Å²) in [4.78, 5) is 24.6. The van der Waals surface area contributed by atoms with Crippen LogP contribution in [0.15, 0.2) is 53.4 Å². The number of nitrogens with one attached hydrogen (secondary N) is 3. The fourth-order valence-corrected chi connectivity index (χ4v) is 3.23. The van der Waals surface area contributed by atoms with E-state index in [4.69, 9.17) is 0 Å². The van der Waals surface area contributed by atoms with Crippen molar-refractivity contribution in [3.8, 4) is 5.75 Å². The number of hydrogen-bond donors (Lipinski definition) is 4. The highest BCUT2D eigenvalue weighted by Gasteiger charge is 2.21. The standard InChI is InChI=1S/C19H23N3O4S/c1-2-3-12-20-19(25)16-6-4-5-7-17(16)27(26)21-13-18(24)22-14-8-10-15(23)11-9-14/h4-11,21,23H,2-3,12-13H2,1H3,(H,20,25)(H,22,24). The highest BCUT2D eigenvalue weighted by molar-refractivity contribution is 7.89. The van der Waals surface area contributed by atoms with Crippen LogP contribution in [0.1, 0.15) is 30.1 Å². The van der Waals surface area contributed by atoms with Gasteiger partial charge in [-0.25, -0.2) is 0 Å². The third kappa shape index (κ3) is 6.59. The molecule has 2 aromatic carbocycles. The molecule has 0 saturated carbocycles. The van der Waals surface area contributed by atoms with Crippen molar-refractivity contribution >= 4 is 28.9 Å². The van der Waals surface area contributed by atoms with Crippen LogP contribution in [-0.4, -0.2) is 34.6 Å². The van der Waals surface area contributed by atoms with E-state index in [0.29, 0.717) is 22.7 Å². The van der Waals surface area contributed by atoms with Crippen molar-refractivity contribution in [1.29, 1.82) is 0 Å². The van der Waals surface area contributed by atoms with E-state index < -0.39 is 11.4 Å². The minimum Gasteiger partial charge on any atom is -0.593 e. The molecule has 0 aromatic heterocycles. The van der Waals surface area contributed by atoms with Crippen molar-refractivity contribution in [2.75, 3.05) is 18.4 Å². The van der Waals surface area contributed by atoms with Crippen molar-refractivity contribution in [3.63, 3.8) is 0 Å². The van der Waals surface area contributed by atoms with Gasteiger partial charge >= 0.3 is 0 Å². The van der Waals surface area contributed by atoms with Crippen molar-refractivity contribution < 1.29 is 19.2 Å². The maximum atomic E-state index is 12.5. The average molecular weight is 389 g/mol. The molecule has 0 aliphatic heterocycles. The molecule has 2 rings (SSSR count). The summed E-state index contributed by atoms with van der Waals surface area (Å²) in [6.07, 6.45) is 1.83. The summed E-state index contributed by atoms with van der Waals surface area (Å²) in [6, 6.07) is 12.6. The van der Waals surface area contributed by atoms with Gasteiger partial charge in [-0.1, -0.05) is 25.5 Å². The van der Waals surface area contributed by atoms with E-state index in [1.807, 2.05) is 6.92 Å². The van der Waals surface area contributed by atoms with Crippen molar-refractivity contribution in [2.45, 2.75) is 24.7 Å². The first-order valence-electron chi connectivity index (χ1n) is 8.62. The van der Waals surface area contributed by atoms with E-state index in [1.54, 1.807) is 36.4 Å². The van der Waals surface area contributed by atoms with E-state index in [2.05, 4.69) is 15.4 Å². The van der Waals surface area contributed by atoms with Gasteiger partial charge in [-0.05, 0) is 42.8 Å². The summed E-state index contributed by atoms with van der Waals surface area (Å²) in [7, 11) is 0. The molecule has 0 saturated heterocycles. The number of unbranched alkanes of at least 4 members (excludes halogenated alkanes) is 1. The number of carbonyl (C=O) groups excluding carboxylic acids is 2. The van der Waals surface area contributed by atoms with Crippen molar-refractivity contribution in [2.24, 2.45) is 0 Å². The predicted octanol–water partition coefficient (Wildman–Crippen LogP) is 2.17. The van der Waals surface area contributed by atoms with E-state index >= 15 is 0 Å². The van der Waals surface area contributed by atoms with Crippen molar-refractivity contribution in [3.05, 3.63) is 54.1 Å². The summed E-state index contributed by atoms with van der Waals surface area (Å²) >= 11 is -1.72. The van der Waals surface area contributed by atoms with E-state index in [9.17, 15) is 19.2 Å². The average Bonchev–Trinajstić information content (AvgIpc) is 2.68. The van der Waals surface area contributed by atoms with Crippen LogP contribution in [0.3, 0.4) is 0 Å². The molecule has 0 fully saturated rings. The van der Waals surface area contributed by atoms with E-state index in [-0.39, 0.29) is 24.1 Å². The maximum Gasteiger partial charge on any atom is 0.256 e. The van der Waals surface area contributed by atoms with Gasteiger partial charge < -0.3 is 20.3 Å². The quantitative estimate of drug-likeness (QED) is 0.298. The largest absolute Gasteiger partial charge is 0.593 e. The molecule has 144 valence electrons. The molecule has 1 unspecified atom stereocenters. The normalized spacial score (nSPS) is 11.6. The lowest BCUT2D eigenvalue weighted by Gasteiger charge is -2.14. The lowest BCUT2D eigenvalue weighted by Crippen LogP contribution is -2.34. The molecule has 2 amide bonds. The summed E-state index contributed by atoms with van der Waals surface area (Å²) < 4.78 is 15.1. The maximum absolute atomic E-state index is 12.5. The number of amides is 2. The van der Waals surface area contributed by atoms with Gasteiger partial charge in [-0.3, -0.25) is 9.59 Å². The summed E-state index contributed by atoms with van der Waals surface area (Å²) in [5.74, 6) is -0.581. The second kappa shape index (κ2) is 10.6. The molecule has 4 N–H and O–H groups in total. The number of carbonyl (C=O) groups is 2. The molecular weight excluding hydrogens is 366 g/mol. The lowest BCUT2D eigenvalue weighted by atomic mass is 10.2. The van der Waals surface area contributed by atoms with Gasteiger partial charge in [0.1, 0.15) is 12.3 Å². The smallest absolute Gasteiger partial charge is 0.256 e. The van der Waals surface area contributed by atoms with Crippen LogP contribution in [0.2, 0.25) is 0 Å². The molecule has 1 atom stereocenters. The Kier molecular flexibility index (Phi) is 8.12. The fraction of sp³-hybridized carbons (Fsp3) is 0.263. The Balaban J connectivity index is 1.93. The minimum absolute atomic E-state index is 0.0982. The second-order valence-electron chi connectivity index (χ2n) is 5.79. The van der Waals surface area contributed by atoms with Crippen LogP contribution in [0, 0.1) is 0 Å². The number of rotatable bonds is 9. The molecule has 8 heteroatoms. The van der Waals surface area contributed by atoms with Gasteiger partial charge in [0.15, 0.2) is 4.90 Å². The van der Waals surface area contributed by atoms with Gasteiger partial charge in [0.25, 0.3) is 5.91 Å². The first kappa shape index (κ1) is 20.8. The Morgan fingerprint density at radius 2 is 1.81 bits per heavy atom. The molecule has 0 aliphatic carbocycles. The molecule has 0 radical (unpaired) electrons. The van der Waals surface area contributed by atoms with Gasteiger partial charge in [0, 0.05) is 12.2 Å². The molecule has 0 spiro atoms. The van der Waals surface area contributed by atoms with E-state index in [1.165, 1.54) is 12.1 Å². The first-order chi connectivity index (χ1) is 13.0. The van der Waals surface area contributed by atoms with Gasteiger partial charge in [-0.2, -0.15) is 0 Å². The Bertz CT molecular complexity index is 768. The highest BCUT2D eigenvalue weighted by Crippen LogP contribution is 2.16. The number of anilines is 1. The zero-order valence-electron chi connectivity index (χ0n) is 15.0. The summed E-state index contributed by atoms with van der Waals surface area (Å²) in [5, 5.41) is 14.7. The molecule has 0 heterocycles. The minimum atomic E-state index is -1.72. The molecule has 0 bridgehead atoms. The van der Waals surface area contributed by atoms with Crippen molar-refractivity contribution in [1.82, 2.24) is 10.0 Å². The predicted molar refractivity (Wildman–Crippen MR) is 105 cm³/mol. The first-order valence-corrected chi connectivity index (χ1v) is 9.77. The second-order valence-corrected chi connectivity index (χ2v) is 7.06. The number of aromatic hydroxyl groups is 1. The Hall–Kier alpha value is -2.55. The third-order valence-electron chi connectivity index (χ3n) is 3.66. The third-order valence-corrected chi connectivity index (χ3v) is 4.82. The van der Waals surface area contributed by atoms with Crippen LogP contribution in [-0.2, 0) is 16.2 Å². The monoisotopic (exact) mass is 389 g/mol. The molecular formula is C19H23N3O4S. The van der Waals surface area contributed by atoms with Gasteiger partial charge in [-0.15, -0.1) is 4.72 Å². The van der Waals surface area contributed by atoms with Crippen LogP contribution >= 0.6 is 0 Å². The Morgan fingerprint density at radius 3 is 2.52 bits per heavy atom.